The van der Waals surface area contributed by atoms with Gasteiger partial charge < -0.3 is 0 Å². The van der Waals surface area contributed by atoms with Crippen LogP contribution in [0.3, 0.4) is 0 Å². The van der Waals surface area contributed by atoms with Crippen LogP contribution in [0.4, 0.5) is 0 Å². The molecule has 0 amide bonds. The van der Waals surface area contributed by atoms with Gasteiger partial charge in [0.25, 0.3) is 0 Å². The van der Waals surface area contributed by atoms with Crippen molar-refractivity contribution in [1.82, 2.24) is 0 Å². The van der Waals surface area contributed by atoms with E-state index >= 15 is 0 Å². The summed E-state index contributed by atoms with van der Waals surface area (Å²) in [7, 11) is -4.40. The van der Waals surface area contributed by atoms with Gasteiger partial charge in [-0.1, -0.05) is 79.4 Å². The fraction of sp³-hybridized carbons (Fsp3) is 0.931. The topological polar surface area (TPSA) is 63.6 Å². The average Bonchev–Trinajstić information content (AvgIpc) is 2.99. The molecular weight excluding hydrogens is 444 g/mol. The van der Waals surface area contributed by atoms with E-state index < -0.39 is 16.5 Å². The van der Waals surface area contributed by atoms with E-state index in [1.54, 1.807) is 0 Å². The second kappa shape index (κ2) is 8.87. The summed E-state index contributed by atoms with van der Waals surface area (Å²) in [5, 5.41) is 0. The van der Waals surface area contributed by atoms with Gasteiger partial charge in [-0.3, -0.25) is 4.55 Å². The van der Waals surface area contributed by atoms with Gasteiger partial charge in [0.15, 0.2) is 0 Å². The van der Waals surface area contributed by atoms with Gasteiger partial charge in [-0.05, 0) is 96.7 Å². The molecule has 196 valence electrons. The van der Waals surface area contributed by atoms with Crippen LogP contribution in [-0.2, 0) is 14.6 Å². The number of hydrogen-bond donors (Lipinski definition) is 1. The molecule has 0 aromatic carbocycles. The highest BCUT2D eigenvalue weighted by molar-refractivity contribution is 7.80. The fourth-order valence-electron chi connectivity index (χ4n) is 9.72. The largest absolute Gasteiger partial charge is 0.397 e. The zero-order chi connectivity index (χ0) is 25.2. The molecule has 4 aliphatic carbocycles. The quantitative estimate of drug-likeness (QED) is 0.288. The van der Waals surface area contributed by atoms with Crippen molar-refractivity contribution in [3.05, 3.63) is 11.6 Å². The molecule has 0 aromatic rings. The highest BCUT2D eigenvalue weighted by Crippen LogP contribution is 2.76. The summed E-state index contributed by atoms with van der Waals surface area (Å²) in [5.41, 5.74) is 2.44. The maximum atomic E-state index is 11.3. The maximum absolute atomic E-state index is 11.3. The first kappa shape index (κ1) is 26.7. The first-order chi connectivity index (χ1) is 15.7. The van der Waals surface area contributed by atoms with Crippen LogP contribution in [0.15, 0.2) is 11.6 Å². The van der Waals surface area contributed by atoms with Crippen LogP contribution in [0.5, 0.6) is 0 Å². The number of fused-ring (bicyclic) bond motifs is 5. The Morgan fingerprint density at radius 1 is 0.971 bits per heavy atom. The first-order valence-corrected chi connectivity index (χ1v) is 15.4. The molecule has 3 fully saturated rings. The summed E-state index contributed by atoms with van der Waals surface area (Å²) in [4.78, 5) is 0. The lowest BCUT2D eigenvalue weighted by Gasteiger charge is -2.68. The van der Waals surface area contributed by atoms with E-state index in [0.717, 1.165) is 30.6 Å². The Balaban J connectivity index is 1.58. The van der Waals surface area contributed by atoms with Crippen LogP contribution >= 0.6 is 0 Å². The molecule has 4 aliphatic rings. The van der Waals surface area contributed by atoms with Gasteiger partial charge in [0.05, 0.1) is 6.10 Å². The third kappa shape index (κ3) is 4.14. The molecule has 0 saturated heterocycles. The third-order valence-electron chi connectivity index (χ3n) is 12.2. The minimum atomic E-state index is -4.40. The molecule has 5 heteroatoms. The van der Waals surface area contributed by atoms with Gasteiger partial charge in [0.1, 0.15) is 0 Å². The van der Waals surface area contributed by atoms with Crippen molar-refractivity contribution in [2.24, 2.45) is 45.3 Å². The Labute approximate surface area is 209 Å². The summed E-state index contributed by atoms with van der Waals surface area (Å²) in [5.74, 6) is 3.09. The summed E-state index contributed by atoms with van der Waals surface area (Å²) in [6.45, 7) is 17.5. The molecule has 4 rings (SSSR count). The number of rotatable bonds is 7. The summed E-state index contributed by atoms with van der Waals surface area (Å²) in [6.07, 6.45) is 14.7. The number of hydrogen-bond acceptors (Lipinski definition) is 3. The van der Waals surface area contributed by atoms with Crippen LogP contribution in [0, 0.1) is 45.3 Å². The second-order valence-electron chi connectivity index (χ2n) is 13.9. The average molecular weight is 495 g/mol. The second-order valence-corrected chi connectivity index (χ2v) is 15.0. The predicted molar refractivity (Wildman–Crippen MR) is 139 cm³/mol. The SMILES string of the molecule is CC(C)CCC[C@@H](C)[C@H]1CC[C@@]2(C)[C@@H]3CC=C4CC(OS(=O)(=O)O)CC[C@]4(C)[C@@]3(C)CC[C@]12C. The molecule has 0 heterocycles. The van der Waals surface area contributed by atoms with E-state index in [9.17, 15) is 13.0 Å². The van der Waals surface area contributed by atoms with E-state index in [0.29, 0.717) is 29.6 Å². The highest BCUT2D eigenvalue weighted by Gasteiger charge is 2.68. The molecule has 0 spiro atoms. The predicted octanol–water partition coefficient (Wildman–Crippen LogP) is 8.00. The van der Waals surface area contributed by atoms with Gasteiger partial charge in [-0.2, -0.15) is 8.42 Å². The molecule has 0 bridgehead atoms. The van der Waals surface area contributed by atoms with Crippen LogP contribution < -0.4 is 0 Å². The van der Waals surface area contributed by atoms with Gasteiger partial charge in [0.2, 0.25) is 0 Å². The summed E-state index contributed by atoms with van der Waals surface area (Å²) >= 11 is 0. The number of allylic oxidation sites excluding steroid dienone is 1. The summed E-state index contributed by atoms with van der Waals surface area (Å²) in [6, 6.07) is 0. The Morgan fingerprint density at radius 2 is 1.65 bits per heavy atom. The Bertz CT molecular complexity index is 909. The third-order valence-corrected chi connectivity index (χ3v) is 12.7. The van der Waals surface area contributed by atoms with Crippen molar-refractivity contribution >= 4 is 10.4 Å². The molecule has 0 radical (unpaired) electrons. The van der Waals surface area contributed by atoms with Gasteiger partial charge >= 0.3 is 10.4 Å². The molecule has 4 nitrogen and oxygen atoms in total. The lowest BCUT2D eigenvalue weighted by molar-refractivity contribution is -0.164. The van der Waals surface area contributed by atoms with E-state index in [2.05, 4.69) is 54.5 Å². The van der Waals surface area contributed by atoms with Gasteiger partial charge in [-0.25, -0.2) is 4.18 Å². The van der Waals surface area contributed by atoms with Crippen LogP contribution in [0.25, 0.3) is 0 Å². The monoisotopic (exact) mass is 494 g/mol. The van der Waals surface area contributed by atoms with Crippen LogP contribution in [-0.4, -0.2) is 19.1 Å². The molecule has 0 aromatic heterocycles. The van der Waals surface area contributed by atoms with Gasteiger partial charge in [-0.15, -0.1) is 0 Å². The van der Waals surface area contributed by atoms with Crippen molar-refractivity contribution in [3.8, 4) is 0 Å². The normalized spacial score (nSPS) is 45.3. The molecule has 1 N–H and O–H groups in total. The van der Waals surface area contributed by atoms with Crippen LogP contribution in [0.1, 0.15) is 119 Å². The van der Waals surface area contributed by atoms with E-state index in [-0.39, 0.29) is 10.8 Å². The molecule has 3 saturated carbocycles. The van der Waals surface area contributed by atoms with Crippen molar-refractivity contribution < 1.29 is 17.2 Å². The Hall–Kier alpha value is -0.390. The lowest BCUT2D eigenvalue weighted by atomic mass is 9.36. The first-order valence-electron chi connectivity index (χ1n) is 14.0. The van der Waals surface area contributed by atoms with Crippen molar-refractivity contribution in [2.45, 2.75) is 125 Å². The van der Waals surface area contributed by atoms with Crippen molar-refractivity contribution in [3.63, 3.8) is 0 Å². The molecule has 0 aliphatic heterocycles. The molecule has 1 unspecified atom stereocenters. The van der Waals surface area contributed by atoms with E-state index in [1.165, 1.54) is 50.5 Å². The van der Waals surface area contributed by atoms with Crippen LogP contribution in [0.2, 0.25) is 0 Å². The van der Waals surface area contributed by atoms with E-state index in [4.69, 9.17) is 4.18 Å². The zero-order valence-electron chi connectivity index (χ0n) is 22.8. The molecule has 8 atom stereocenters. The van der Waals surface area contributed by atoms with Crippen molar-refractivity contribution in [1.29, 1.82) is 0 Å². The maximum Gasteiger partial charge on any atom is 0.397 e. The molecule has 34 heavy (non-hydrogen) atoms. The van der Waals surface area contributed by atoms with Crippen molar-refractivity contribution in [2.75, 3.05) is 0 Å². The highest BCUT2D eigenvalue weighted by atomic mass is 32.3. The molecular formula is C29H50O4S. The smallest absolute Gasteiger partial charge is 0.264 e. The minimum absolute atomic E-state index is 0.0836. The fourth-order valence-corrected chi connectivity index (χ4v) is 10.2. The standard InChI is InChI=1S/C29H50O4S/c1-20(2)9-8-10-21(3)24-14-16-28(6)25-12-11-22-19-23(33-34(30,31)32)13-15-26(22,4)29(25,7)18-17-27(24,28)5/h11,20-21,23-25H,8-10,12-19H2,1-7H3,(H,30,31,32)/t21-,23?,24-,25+,26+,27-,28+,29+/m1/s1. The Kier molecular flexibility index (Phi) is 6.96. The van der Waals surface area contributed by atoms with E-state index in [1.807, 2.05) is 0 Å². The van der Waals surface area contributed by atoms with Gasteiger partial charge in [0, 0.05) is 0 Å². The summed E-state index contributed by atoms with van der Waals surface area (Å²) < 4.78 is 36.9. The minimum Gasteiger partial charge on any atom is -0.264 e. The zero-order valence-corrected chi connectivity index (χ0v) is 23.6. The Morgan fingerprint density at radius 3 is 2.29 bits per heavy atom. The lowest BCUT2D eigenvalue weighted by Crippen LogP contribution is -2.61.